The number of carbonyl (C=O) groups is 1. The van der Waals surface area contributed by atoms with Crippen molar-refractivity contribution < 1.29 is 9.18 Å². The van der Waals surface area contributed by atoms with Crippen molar-refractivity contribution in [3.05, 3.63) is 41.7 Å². The number of guanidine groups is 1. The van der Waals surface area contributed by atoms with Crippen LogP contribution in [0.2, 0.25) is 0 Å². The number of benzene rings is 1. The zero-order valence-corrected chi connectivity index (χ0v) is 7.83. The fraction of sp³-hybridized carbons (Fsp3) is 0. The number of carbonyl (C=O) groups excluding carboxylic acids is 1. The Bertz CT molecular complexity index is 415. The van der Waals surface area contributed by atoms with Crippen LogP contribution in [-0.4, -0.2) is 11.9 Å². The molecule has 4 N–H and O–H groups in total. The highest BCUT2D eigenvalue weighted by molar-refractivity contribution is 6.02. The van der Waals surface area contributed by atoms with Crippen LogP contribution in [0.15, 0.2) is 30.3 Å². The molecule has 0 saturated carbocycles. The van der Waals surface area contributed by atoms with Crippen LogP contribution in [0, 0.1) is 11.2 Å². The first-order valence-corrected chi connectivity index (χ1v) is 4.17. The molecule has 1 rings (SSSR count). The second kappa shape index (κ2) is 4.90. The summed E-state index contributed by atoms with van der Waals surface area (Å²) >= 11 is 0. The van der Waals surface area contributed by atoms with Gasteiger partial charge in [0.05, 0.1) is 0 Å². The molecule has 0 spiro atoms. The van der Waals surface area contributed by atoms with E-state index in [1.807, 2.05) is 5.32 Å². The van der Waals surface area contributed by atoms with Gasteiger partial charge in [0.2, 0.25) is 0 Å². The van der Waals surface area contributed by atoms with Crippen LogP contribution in [0.25, 0.3) is 6.08 Å². The lowest BCUT2D eigenvalue weighted by Crippen LogP contribution is -2.34. The lowest BCUT2D eigenvalue weighted by molar-refractivity contribution is -0.115. The van der Waals surface area contributed by atoms with E-state index < -0.39 is 17.7 Å². The van der Waals surface area contributed by atoms with E-state index in [0.717, 1.165) is 6.08 Å². The molecule has 15 heavy (non-hydrogen) atoms. The molecule has 0 atom stereocenters. The van der Waals surface area contributed by atoms with Crippen LogP contribution < -0.4 is 11.1 Å². The minimum atomic E-state index is -0.564. The van der Waals surface area contributed by atoms with Gasteiger partial charge in [0.15, 0.2) is 5.96 Å². The Morgan fingerprint density at radius 1 is 1.47 bits per heavy atom. The summed E-state index contributed by atoms with van der Waals surface area (Å²) in [6.45, 7) is 0. The Morgan fingerprint density at radius 3 is 2.73 bits per heavy atom. The molecular formula is C10H10FN3O. The average molecular weight is 207 g/mol. The third-order valence-electron chi connectivity index (χ3n) is 1.58. The molecule has 78 valence electrons. The number of hydrogen-bond donors (Lipinski definition) is 3. The predicted octanol–water partition coefficient (Wildman–Crippen LogP) is 0.849. The van der Waals surface area contributed by atoms with Gasteiger partial charge in [0.25, 0.3) is 5.91 Å². The molecule has 0 saturated heterocycles. The second-order valence-corrected chi connectivity index (χ2v) is 2.76. The van der Waals surface area contributed by atoms with Crippen molar-refractivity contribution in [2.75, 3.05) is 0 Å². The summed E-state index contributed by atoms with van der Waals surface area (Å²) in [7, 11) is 0. The molecule has 0 aliphatic heterocycles. The molecule has 0 aliphatic carbocycles. The molecule has 1 aromatic rings. The van der Waals surface area contributed by atoms with Crippen molar-refractivity contribution in [3.8, 4) is 0 Å². The minimum absolute atomic E-state index is 0.302. The monoisotopic (exact) mass is 207 g/mol. The minimum Gasteiger partial charge on any atom is -0.370 e. The van der Waals surface area contributed by atoms with Crippen molar-refractivity contribution in [3.63, 3.8) is 0 Å². The van der Waals surface area contributed by atoms with Gasteiger partial charge in [-0.05, 0) is 12.1 Å². The highest BCUT2D eigenvalue weighted by Crippen LogP contribution is 2.07. The Morgan fingerprint density at radius 2 is 2.13 bits per heavy atom. The highest BCUT2D eigenvalue weighted by atomic mass is 19.1. The fourth-order valence-corrected chi connectivity index (χ4v) is 0.950. The first-order chi connectivity index (χ1) is 7.09. The van der Waals surface area contributed by atoms with Crippen molar-refractivity contribution in [1.29, 1.82) is 5.41 Å². The van der Waals surface area contributed by atoms with Crippen molar-refractivity contribution in [1.82, 2.24) is 5.32 Å². The van der Waals surface area contributed by atoms with Gasteiger partial charge in [-0.25, -0.2) is 4.39 Å². The highest BCUT2D eigenvalue weighted by Gasteiger charge is 1.98. The fourth-order valence-electron chi connectivity index (χ4n) is 0.950. The largest absolute Gasteiger partial charge is 0.370 e. The molecule has 0 heterocycles. The van der Waals surface area contributed by atoms with Gasteiger partial charge in [0.1, 0.15) is 5.82 Å². The second-order valence-electron chi connectivity index (χ2n) is 2.76. The van der Waals surface area contributed by atoms with Crippen LogP contribution in [0.3, 0.4) is 0 Å². The Kier molecular flexibility index (Phi) is 3.56. The third-order valence-corrected chi connectivity index (χ3v) is 1.58. The number of nitrogens with two attached hydrogens (primary N) is 1. The lowest BCUT2D eigenvalue weighted by Gasteiger charge is -1.97. The zero-order chi connectivity index (χ0) is 11.3. The summed E-state index contributed by atoms with van der Waals surface area (Å²) in [6.07, 6.45) is 2.42. The van der Waals surface area contributed by atoms with Gasteiger partial charge >= 0.3 is 0 Å². The van der Waals surface area contributed by atoms with Crippen LogP contribution >= 0.6 is 0 Å². The molecular weight excluding hydrogens is 197 g/mol. The molecule has 0 fully saturated rings. The van der Waals surface area contributed by atoms with Crippen LogP contribution in [0.5, 0.6) is 0 Å². The van der Waals surface area contributed by atoms with E-state index in [4.69, 9.17) is 11.1 Å². The van der Waals surface area contributed by atoms with E-state index in [-0.39, 0.29) is 0 Å². The number of nitrogens with one attached hydrogen (secondary N) is 2. The predicted molar refractivity (Wildman–Crippen MR) is 55.5 cm³/mol. The maximum Gasteiger partial charge on any atom is 0.250 e. The van der Waals surface area contributed by atoms with E-state index >= 15 is 0 Å². The quantitative estimate of drug-likeness (QED) is 0.382. The van der Waals surface area contributed by atoms with E-state index in [1.165, 1.54) is 18.2 Å². The Balaban J connectivity index is 2.70. The Hall–Kier alpha value is -2.17. The van der Waals surface area contributed by atoms with E-state index in [2.05, 4.69) is 0 Å². The summed E-state index contributed by atoms with van der Waals surface area (Å²) in [5, 5.41) is 8.83. The number of hydrogen-bond acceptors (Lipinski definition) is 2. The normalized spacial score (nSPS) is 10.2. The summed E-state index contributed by atoms with van der Waals surface area (Å²) in [5.41, 5.74) is 5.24. The third kappa shape index (κ3) is 3.60. The van der Waals surface area contributed by atoms with Gasteiger partial charge in [-0.2, -0.15) is 0 Å². The van der Waals surface area contributed by atoms with Gasteiger partial charge < -0.3 is 5.73 Å². The van der Waals surface area contributed by atoms with E-state index in [9.17, 15) is 9.18 Å². The molecule has 0 radical (unpaired) electrons. The number of rotatable bonds is 2. The number of halogens is 1. The lowest BCUT2D eigenvalue weighted by atomic mass is 10.2. The van der Waals surface area contributed by atoms with Crippen LogP contribution in [0.4, 0.5) is 4.39 Å². The van der Waals surface area contributed by atoms with E-state index in [0.29, 0.717) is 5.56 Å². The summed E-state index contributed by atoms with van der Waals surface area (Å²) in [5.74, 6) is -1.42. The summed E-state index contributed by atoms with van der Waals surface area (Å²) in [6, 6.07) is 6.05. The van der Waals surface area contributed by atoms with Gasteiger partial charge in [-0.1, -0.05) is 18.2 Å². The van der Waals surface area contributed by atoms with Crippen molar-refractivity contribution >= 4 is 17.9 Å². The molecule has 0 unspecified atom stereocenters. The van der Waals surface area contributed by atoms with Crippen molar-refractivity contribution in [2.45, 2.75) is 0 Å². The molecule has 0 aromatic heterocycles. The smallest absolute Gasteiger partial charge is 0.250 e. The van der Waals surface area contributed by atoms with E-state index in [1.54, 1.807) is 12.1 Å². The number of amides is 1. The molecule has 0 bridgehead atoms. The molecule has 1 amide bonds. The molecule has 5 heteroatoms. The first kappa shape index (κ1) is 10.9. The van der Waals surface area contributed by atoms with Crippen LogP contribution in [0.1, 0.15) is 5.56 Å². The van der Waals surface area contributed by atoms with Gasteiger partial charge in [-0.15, -0.1) is 0 Å². The Labute approximate surface area is 86.1 Å². The van der Waals surface area contributed by atoms with Gasteiger partial charge in [-0.3, -0.25) is 15.5 Å². The maximum absolute atomic E-state index is 13.1. The maximum atomic E-state index is 13.1. The standard InChI is InChI=1S/C10H10FN3O/c11-8-4-2-1-3-7(8)5-6-9(15)14-10(12)13/h1-6H,(H4,12,13,14,15)/b6-5+. The summed E-state index contributed by atoms with van der Waals surface area (Å²) in [4.78, 5) is 11.0. The zero-order valence-electron chi connectivity index (χ0n) is 7.83. The molecule has 1 aromatic carbocycles. The average Bonchev–Trinajstić information content (AvgIpc) is 2.15. The molecule has 4 nitrogen and oxygen atoms in total. The van der Waals surface area contributed by atoms with Crippen molar-refractivity contribution in [2.24, 2.45) is 5.73 Å². The topological polar surface area (TPSA) is 79.0 Å². The van der Waals surface area contributed by atoms with Gasteiger partial charge in [0, 0.05) is 11.6 Å². The van der Waals surface area contributed by atoms with Crippen LogP contribution in [-0.2, 0) is 4.79 Å². The first-order valence-electron chi connectivity index (χ1n) is 4.17. The molecule has 0 aliphatic rings. The SMILES string of the molecule is N=C(N)NC(=O)/C=C/c1ccccc1F. The summed E-state index contributed by atoms with van der Waals surface area (Å²) < 4.78 is 13.1.